The molecule has 9 nitrogen and oxygen atoms in total. The van der Waals surface area contributed by atoms with Crippen molar-refractivity contribution in [3.05, 3.63) is 90.7 Å². The van der Waals surface area contributed by atoms with E-state index in [4.69, 9.17) is 30.8 Å². The first-order chi connectivity index (χ1) is 21.6. The van der Waals surface area contributed by atoms with Crippen LogP contribution in [0.3, 0.4) is 0 Å². The van der Waals surface area contributed by atoms with E-state index >= 15 is 0 Å². The second-order valence-corrected chi connectivity index (χ2v) is 17.8. The number of carbonyl (C=O) groups excluding carboxylic acids is 1. The molecule has 2 atom stereocenters. The number of esters is 1. The van der Waals surface area contributed by atoms with E-state index in [1.165, 1.54) is 0 Å². The van der Waals surface area contributed by atoms with Gasteiger partial charge >= 0.3 is 11.9 Å². The van der Waals surface area contributed by atoms with Gasteiger partial charge in [0.15, 0.2) is 11.5 Å². The van der Waals surface area contributed by atoms with Gasteiger partial charge in [0.05, 0.1) is 25.0 Å². The first kappa shape index (κ1) is 39.0. The van der Waals surface area contributed by atoms with Crippen LogP contribution in [0, 0.1) is 25.0 Å². The number of nitrogens with two attached hydrogens (primary N) is 2. The number of aromatic hydroxyl groups is 1. The molecular weight excluding hydrogens is 1390 g/mol. The standard InChI is InChI=1S/C30H21I7N2O7/c31-16-9-14(44-27-19(34)3-12(4-20(27)35)7-23(38)29(41)42)1-2-25(16)46-30(43)24(39)8-13-5-21(36)28(22(37)6-13)45-15-10-17(32)26(40)18(33)11-15/h1-6,9-11,23-24,40H,7-8,38-39H2,(H,41,42). The summed E-state index contributed by atoms with van der Waals surface area (Å²) in [5, 5.41) is 19.2. The Morgan fingerprint density at radius 2 is 1.07 bits per heavy atom. The first-order valence-electron chi connectivity index (χ1n) is 12.9. The van der Waals surface area contributed by atoms with Crippen LogP contribution in [-0.4, -0.2) is 34.2 Å². The van der Waals surface area contributed by atoms with E-state index in [1.54, 1.807) is 30.3 Å². The molecule has 0 spiro atoms. The Kier molecular flexibility index (Phi) is 14.8. The van der Waals surface area contributed by atoms with Gasteiger partial charge in [-0.3, -0.25) is 4.79 Å². The lowest BCUT2D eigenvalue weighted by Gasteiger charge is -2.16. The van der Waals surface area contributed by atoms with Gasteiger partial charge in [0.2, 0.25) is 0 Å². The Balaban J connectivity index is 1.40. The third kappa shape index (κ3) is 10.4. The lowest BCUT2D eigenvalue weighted by atomic mass is 10.1. The molecule has 4 rings (SSSR count). The Morgan fingerprint density at radius 3 is 1.52 bits per heavy atom. The van der Waals surface area contributed by atoms with E-state index in [2.05, 4.69) is 158 Å². The van der Waals surface area contributed by atoms with E-state index in [0.29, 0.717) is 39.5 Å². The number of phenols is 1. The third-order valence-electron chi connectivity index (χ3n) is 6.19. The van der Waals surface area contributed by atoms with Crippen molar-refractivity contribution >= 4 is 170 Å². The molecule has 0 heterocycles. The molecule has 0 fully saturated rings. The second kappa shape index (κ2) is 17.5. The minimum absolute atomic E-state index is 0.208. The van der Waals surface area contributed by atoms with Crippen LogP contribution in [0.2, 0.25) is 0 Å². The van der Waals surface area contributed by atoms with Crippen molar-refractivity contribution in [1.29, 1.82) is 0 Å². The topological polar surface area (TPSA) is 154 Å². The number of benzene rings is 4. The van der Waals surface area contributed by atoms with E-state index in [9.17, 15) is 14.7 Å². The van der Waals surface area contributed by atoms with Crippen LogP contribution in [0.1, 0.15) is 11.1 Å². The molecule has 0 aliphatic heterocycles. The number of hydrogen-bond acceptors (Lipinski definition) is 8. The fourth-order valence-electron chi connectivity index (χ4n) is 3.98. The van der Waals surface area contributed by atoms with Gasteiger partial charge in [0.25, 0.3) is 0 Å². The molecule has 0 aliphatic carbocycles. The molecule has 0 amide bonds. The van der Waals surface area contributed by atoms with Crippen LogP contribution in [0.25, 0.3) is 0 Å². The lowest BCUT2D eigenvalue weighted by molar-refractivity contribution is -0.138. The van der Waals surface area contributed by atoms with Gasteiger partial charge < -0.3 is 35.9 Å². The molecule has 46 heavy (non-hydrogen) atoms. The smallest absolute Gasteiger partial charge is 0.328 e. The molecule has 2 unspecified atom stereocenters. The molecular formula is C30H21I7N2O7. The lowest BCUT2D eigenvalue weighted by Crippen LogP contribution is -2.36. The van der Waals surface area contributed by atoms with E-state index < -0.39 is 24.0 Å². The second-order valence-electron chi connectivity index (χ2n) is 9.69. The Hall–Kier alpha value is 0.250. The van der Waals surface area contributed by atoms with Gasteiger partial charge in [-0.2, -0.15) is 0 Å². The molecule has 0 saturated heterocycles. The largest absolute Gasteiger partial charge is 0.506 e. The van der Waals surface area contributed by atoms with Gasteiger partial charge in [0.1, 0.15) is 35.1 Å². The van der Waals surface area contributed by atoms with Crippen LogP contribution in [-0.2, 0) is 22.4 Å². The number of ether oxygens (including phenoxy) is 3. The van der Waals surface area contributed by atoms with E-state index in [0.717, 1.165) is 25.4 Å². The molecule has 242 valence electrons. The van der Waals surface area contributed by atoms with Gasteiger partial charge in [-0.1, -0.05) is 0 Å². The van der Waals surface area contributed by atoms with Crippen LogP contribution in [0.5, 0.6) is 34.5 Å². The SMILES string of the molecule is NC(Cc1cc(I)c(Oc2ccc(OC(=O)C(N)Cc3cc(I)c(Oc4cc(I)c(O)c(I)c4)c(I)c3)c(I)c2)c(I)c1)C(=O)O. The zero-order valence-corrected chi connectivity index (χ0v) is 38.1. The van der Waals surface area contributed by atoms with Crippen LogP contribution < -0.4 is 25.7 Å². The predicted molar refractivity (Wildman–Crippen MR) is 233 cm³/mol. The molecule has 0 saturated carbocycles. The summed E-state index contributed by atoms with van der Waals surface area (Å²) < 4.78 is 23.3. The highest BCUT2D eigenvalue weighted by atomic mass is 127. The van der Waals surface area contributed by atoms with E-state index in [1.807, 2.05) is 24.3 Å². The normalized spacial score (nSPS) is 12.4. The Bertz CT molecular complexity index is 1750. The van der Waals surface area contributed by atoms with Crippen molar-refractivity contribution in [3.63, 3.8) is 0 Å². The highest BCUT2D eigenvalue weighted by molar-refractivity contribution is 14.1. The fourth-order valence-corrected chi connectivity index (χ4v) is 10.5. The minimum atomic E-state index is -1.05. The van der Waals surface area contributed by atoms with Gasteiger partial charge in [0, 0.05) is 0 Å². The summed E-state index contributed by atoms with van der Waals surface area (Å²) in [6.45, 7) is 0. The number of aliphatic carboxylic acids is 1. The minimum Gasteiger partial charge on any atom is -0.506 e. The predicted octanol–water partition coefficient (Wildman–Crippen LogP) is 8.64. The van der Waals surface area contributed by atoms with Gasteiger partial charge in [-0.05, 0) is 237 Å². The van der Waals surface area contributed by atoms with Crippen LogP contribution in [0.4, 0.5) is 0 Å². The maximum atomic E-state index is 13.0. The number of rotatable bonds is 11. The molecule has 0 aliphatic rings. The molecule has 4 aromatic rings. The van der Waals surface area contributed by atoms with E-state index in [-0.39, 0.29) is 18.6 Å². The quantitative estimate of drug-likeness (QED) is 0.0657. The van der Waals surface area contributed by atoms with Crippen LogP contribution >= 0.6 is 158 Å². The average molecular weight is 1410 g/mol. The summed E-state index contributed by atoms with van der Waals surface area (Å²) in [5.41, 5.74) is 13.6. The number of halogens is 7. The number of carboxylic acid groups (broad SMARTS) is 1. The molecule has 0 bridgehead atoms. The average Bonchev–Trinajstić information content (AvgIpc) is 2.96. The number of carboxylic acids is 1. The number of carbonyl (C=O) groups is 2. The van der Waals surface area contributed by atoms with Gasteiger partial charge in [-0.15, -0.1) is 0 Å². The van der Waals surface area contributed by atoms with Crippen molar-refractivity contribution < 1.29 is 34.0 Å². The molecule has 4 aromatic carbocycles. The van der Waals surface area contributed by atoms with Crippen molar-refractivity contribution in [1.82, 2.24) is 0 Å². The Labute approximate surface area is 360 Å². The van der Waals surface area contributed by atoms with Crippen molar-refractivity contribution in [2.75, 3.05) is 0 Å². The maximum absolute atomic E-state index is 13.0. The summed E-state index contributed by atoms with van der Waals surface area (Å²) in [4.78, 5) is 24.1. The summed E-state index contributed by atoms with van der Waals surface area (Å²) in [6, 6.07) is 14.3. The van der Waals surface area contributed by atoms with Crippen molar-refractivity contribution in [2.24, 2.45) is 11.5 Å². The summed E-state index contributed by atoms with van der Waals surface area (Å²) >= 11 is 14.9. The Morgan fingerprint density at radius 1 is 0.630 bits per heavy atom. The molecule has 6 N–H and O–H groups in total. The highest BCUT2D eigenvalue weighted by Crippen LogP contribution is 2.38. The van der Waals surface area contributed by atoms with Gasteiger partial charge in [-0.25, -0.2) is 4.79 Å². The summed E-state index contributed by atoms with van der Waals surface area (Å²) in [6.07, 6.45) is 0.474. The number of hydrogen-bond donors (Lipinski definition) is 4. The fraction of sp³-hybridized carbons (Fsp3) is 0.133. The zero-order valence-electron chi connectivity index (χ0n) is 23.0. The van der Waals surface area contributed by atoms with Crippen LogP contribution in [0.15, 0.2) is 54.6 Å². The summed E-state index contributed by atoms with van der Waals surface area (Å²) in [5.74, 6) is 1.43. The highest BCUT2D eigenvalue weighted by Gasteiger charge is 2.21. The monoisotopic (exact) mass is 1410 g/mol. The maximum Gasteiger partial charge on any atom is 0.328 e. The first-order valence-corrected chi connectivity index (χ1v) is 20.4. The summed E-state index contributed by atoms with van der Waals surface area (Å²) in [7, 11) is 0. The molecule has 0 radical (unpaired) electrons. The van der Waals surface area contributed by atoms with Crippen molar-refractivity contribution in [3.8, 4) is 34.5 Å². The number of phenolic OH excluding ortho intramolecular Hbond substituents is 1. The van der Waals surface area contributed by atoms with Crippen molar-refractivity contribution in [2.45, 2.75) is 24.9 Å². The molecule has 16 heteroatoms. The molecule has 0 aromatic heterocycles. The zero-order chi connectivity index (χ0) is 33.9. The third-order valence-corrected chi connectivity index (χ3v) is 11.9.